The topological polar surface area (TPSA) is 76.7 Å². The van der Waals surface area contributed by atoms with Crippen LogP contribution in [-0.2, 0) is 16.1 Å². The van der Waals surface area contributed by atoms with Crippen molar-refractivity contribution in [2.24, 2.45) is 0 Å². The van der Waals surface area contributed by atoms with Crippen molar-refractivity contribution in [3.8, 4) is 5.75 Å². The minimum absolute atomic E-state index is 0.0369. The Morgan fingerprint density at radius 2 is 1.96 bits per heavy atom. The summed E-state index contributed by atoms with van der Waals surface area (Å²) in [6, 6.07) is 14.1. The van der Waals surface area contributed by atoms with Crippen LogP contribution in [0.4, 0.5) is 0 Å². The highest BCUT2D eigenvalue weighted by Crippen LogP contribution is 2.28. The number of carbonyl (C=O) groups is 1. The largest absolute Gasteiger partial charge is 0.508 e. The van der Waals surface area contributed by atoms with Gasteiger partial charge in [-0.3, -0.25) is 4.79 Å². The first-order valence-electron chi connectivity index (χ1n) is 8.09. The quantitative estimate of drug-likeness (QED) is 0.415. The fraction of sp³-hybridized carbons (Fsp3) is 0.200. The number of aromatic hydroxyl groups is 1. The number of hydrogen-bond acceptors (Lipinski definition) is 6. The van der Waals surface area contributed by atoms with E-state index >= 15 is 0 Å². The number of aryl methyl sites for hydroxylation is 1. The first-order chi connectivity index (χ1) is 12.5. The van der Waals surface area contributed by atoms with Gasteiger partial charge in [0.25, 0.3) is 0 Å². The van der Waals surface area contributed by atoms with E-state index in [0.717, 1.165) is 4.90 Å². The monoisotopic (exact) mass is 370 g/mol. The van der Waals surface area contributed by atoms with Gasteiger partial charge in [-0.25, -0.2) is 4.79 Å². The SMILES string of the molecule is Cc1c(O)ccc2c(COC(=O)[C@H](C)Sc3ccccc3)cc(=O)oc12. The first kappa shape index (κ1) is 18.1. The lowest BCUT2D eigenvalue weighted by Crippen LogP contribution is -2.17. The Labute approximate surface area is 154 Å². The molecule has 0 unspecified atom stereocenters. The van der Waals surface area contributed by atoms with Gasteiger partial charge in [0.1, 0.15) is 23.2 Å². The normalized spacial score (nSPS) is 12.1. The minimum atomic E-state index is -0.552. The van der Waals surface area contributed by atoms with Crippen molar-refractivity contribution in [2.45, 2.75) is 30.6 Å². The van der Waals surface area contributed by atoms with E-state index in [1.165, 1.54) is 23.9 Å². The molecule has 5 nitrogen and oxygen atoms in total. The second kappa shape index (κ2) is 7.66. The number of esters is 1. The van der Waals surface area contributed by atoms with Crippen LogP contribution >= 0.6 is 11.8 Å². The predicted molar refractivity (Wildman–Crippen MR) is 100 cm³/mol. The highest BCUT2D eigenvalue weighted by molar-refractivity contribution is 8.00. The van der Waals surface area contributed by atoms with Crippen molar-refractivity contribution < 1.29 is 19.1 Å². The Balaban J connectivity index is 1.76. The van der Waals surface area contributed by atoms with E-state index in [4.69, 9.17) is 9.15 Å². The Hall–Kier alpha value is -2.73. The van der Waals surface area contributed by atoms with Crippen LogP contribution in [0, 0.1) is 6.92 Å². The average Bonchev–Trinajstić information content (AvgIpc) is 2.63. The molecule has 0 radical (unpaired) electrons. The van der Waals surface area contributed by atoms with Gasteiger partial charge < -0.3 is 14.3 Å². The Kier molecular flexibility index (Phi) is 5.32. The second-order valence-corrected chi connectivity index (χ2v) is 7.27. The van der Waals surface area contributed by atoms with Gasteiger partial charge in [-0.05, 0) is 38.1 Å². The number of benzene rings is 2. The van der Waals surface area contributed by atoms with E-state index in [0.29, 0.717) is 22.1 Å². The fourth-order valence-corrected chi connectivity index (χ4v) is 3.44. The molecular formula is C20H18O5S. The molecule has 0 amide bonds. The third-order valence-corrected chi connectivity index (χ3v) is 5.07. The number of hydrogen-bond donors (Lipinski definition) is 1. The van der Waals surface area contributed by atoms with Crippen molar-refractivity contribution in [2.75, 3.05) is 0 Å². The van der Waals surface area contributed by atoms with E-state index in [1.54, 1.807) is 19.9 Å². The molecule has 134 valence electrons. The summed E-state index contributed by atoms with van der Waals surface area (Å²) in [4.78, 5) is 25.1. The Bertz CT molecular complexity index is 994. The predicted octanol–water partition coefficient (Wildman–Crippen LogP) is 4.03. The van der Waals surface area contributed by atoms with Crippen LogP contribution in [0.3, 0.4) is 0 Å². The molecule has 1 heterocycles. The van der Waals surface area contributed by atoms with Crippen LogP contribution in [0.5, 0.6) is 5.75 Å². The van der Waals surface area contributed by atoms with Gasteiger partial charge >= 0.3 is 11.6 Å². The zero-order chi connectivity index (χ0) is 18.7. The van der Waals surface area contributed by atoms with E-state index in [1.807, 2.05) is 30.3 Å². The molecule has 3 rings (SSSR count). The van der Waals surface area contributed by atoms with Crippen molar-refractivity contribution >= 4 is 28.7 Å². The number of ether oxygens (including phenoxy) is 1. The third kappa shape index (κ3) is 3.91. The summed E-state index contributed by atoms with van der Waals surface area (Å²) in [7, 11) is 0. The molecular weight excluding hydrogens is 352 g/mol. The minimum Gasteiger partial charge on any atom is -0.508 e. The summed E-state index contributed by atoms with van der Waals surface area (Å²) < 4.78 is 10.6. The molecule has 26 heavy (non-hydrogen) atoms. The van der Waals surface area contributed by atoms with E-state index in [-0.39, 0.29) is 23.6 Å². The number of fused-ring (bicyclic) bond motifs is 1. The zero-order valence-electron chi connectivity index (χ0n) is 14.4. The highest BCUT2D eigenvalue weighted by atomic mass is 32.2. The summed E-state index contributed by atoms with van der Waals surface area (Å²) in [6.07, 6.45) is 0. The van der Waals surface area contributed by atoms with Gasteiger partial charge in [0.2, 0.25) is 0 Å². The van der Waals surface area contributed by atoms with Crippen molar-refractivity contribution in [3.63, 3.8) is 0 Å². The molecule has 6 heteroatoms. The maximum atomic E-state index is 12.3. The molecule has 0 fully saturated rings. The molecule has 0 aliphatic carbocycles. The maximum absolute atomic E-state index is 12.3. The van der Waals surface area contributed by atoms with Crippen molar-refractivity contribution in [3.05, 3.63) is 70.1 Å². The Morgan fingerprint density at radius 3 is 2.69 bits per heavy atom. The van der Waals surface area contributed by atoms with Crippen LogP contribution in [0.25, 0.3) is 11.0 Å². The molecule has 0 saturated heterocycles. The smallest absolute Gasteiger partial charge is 0.336 e. The molecule has 0 bridgehead atoms. The molecule has 0 spiro atoms. The van der Waals surface area contributed by atoms with E-state index < -0.39 is 5.63 Å². The number of phenolic OH excluding ortho intramolecular Hbond substituents is 1. The van der Waals surface area contributed by atoms with Gasteiger partial charge in [0.05, 0.1) is 0 Å². The van der Waals surface area contributed by atoms with Crippen LogP contribution in [0.2, 0.25) is 0 Å². The molecule has 2 aromatic carbocycles. The number of carbonyl (C=O) groups excluding carboxylic acids is 1. The Morgan fingerprint density at radius 1 is 1.23 bits per heavy atom. The van der Waals surface area contributed by atoms with Crippen LogP contribution in [-0.4, -0.2) is 16.3 Å². The van der Waals surface area contributed by atoms with Crippen LogP contribution in [0.15, 0.2) is 62.6 Å². The van der Waals surface area contributed by atoms with Gasteiger partial charge in [-0.1, -0.05) is 18.2 Å². The lowest BCUT2D eigenvalue weighted by Gasteiger charge is -2.12. The molecule has 1 aromatic heterocycles. The summed E-state index contributed by atoms with van der Waals surface area (Å²) in [5.41, 5.74) is 0.768. The number of thioether (sulfide) groups is 1. The molecule has 1 N–H and O–H groups in total. The zero-order valence-corrected chi connectivity index (χ0v) is 15.2. The highest BCUT2D eigenvalue weighted by Gasteiger charge is 2.17. The summed E-state index contributed by atoms with van der Waals surface area (Å²) in [5, 5.41) is 10.0. The van der Waals surface area contributed by atoms with Crippen molar-refractivity contribution in [1.82, 2.24) is 0 Å². The van der Waals surface area contributed by atoms with Gasteiger partial charge in [-0.2, -0.15) is 0 Å². The first-order valence-corrected chi connectivity index (χ1v) is 8.97. The maximum Gasteiger partial charge on any atom is 0.336 e. The summed E-state index contributed by atoms with van der Waals surface area (Å²) >= 11 is 1.41. The second-order valence-electron chi connectivity index (χ2n) is 5.86. The molecule has 1 atom stereocenters. The summed E-state index contributed by atoms with van der Waals surface area (Å²) in [6.45, 7) is 3.40. The number of phenols is 1. The van der Waals surface area contributed by atoms with Crippen LogP contribution in [0.1, 0.15) is 18.1 Å². The lowest BCUT2D eigenvalue weighted by molar-refractivity contribution is -0.143. The standard InChI is InChI=1S/C20H18O5S/c1-12-17(21)9-8-16-14(10-18(22)25-19(12)16)11-24-20(23)13(2)26-15-6-4-3-5-7-15/h3-10,13,21H,11H2,1-2H3/t13-/m0/s1. The average molecular weight is 370 g/mol. The summed E-state index contributed by atoms with van der Waals surface area (Å²) in [5.74, 6) is -0.321. The molecule has 0 saturated carbocycles. The van der Waals surface area contributed by atoms with Crippen LogP contribution < -0.4 is 5.63 Å². The fourth-order valence-electron chi connectivity index (χ4n) is 2.55. The van der Waals surface area contributed by atoms with Gasteiger partial charge in [-0.15, -0.1) is 11.8 Å². The van der Waals surface area contributed by atoms with Gasteiger partial charge in [0, 0.05) is 27.5 Å². The number of rotatable bonds is 5. The third-order valence-electron chi connectivity index (χ3n) is 3.98. The molecule has 3 aromatic rings. The van der Waals surface area contributed by atoms with E-state index in [2.05, 4.69) is 0 Å². The van der Waals surface area contributed by atoms with Crippen molar-refractivity contribution in [1.29, 1.82) is 0 Å². The van der Waals surface area contributed by atoms with Gasteiger partial charge in [0.15, 0.2) is 0 Å². The lowest BCUT2D eigenvalue weighted by atomic mass is 10.1. The van der Waals surface area contributed by atoms with E-state index in [9.17, 15) is 14.7 Å². The molecule has 0 aliphatic rings. The molecule has 0 aliphatic heterocycles.